The van der Waals surface area contributed by atoms with Gasteiger partial charge in [-0.05, 0) is 30.6 Å². The SMILES string of the molecule is CC(C)(C)C(O)CC1CCCCC1O. The van der Waals surface area contributed by atoms with Crippen LogP contribution in [0.2, 0.25) is 0 Å². The Morgan fingerprint density at radius 2 is 1.79 bits per heavy atom. The summed E-state index contributed by atoms with van der Waals surface area (Å²) >= 11 is 0. The lowest BCUT2D eigenvalue weighted by Gasteiger charge is -2.33. The summed E-state index contributed by atoms with van der Waals surface area (Å²) in [7, 11) is 0. The fourth-order valence-electron chi connectivity index (χ4n) is 2.10. The lowest BCUT2D eigenvalue weighted by molar-refractivity contribution is -0.00444. The first kappa shape index (κ1) is 12.0. The molecule has 0 amide bonds. The van der Waals surface area contributed by atoms with Gasteiger partial charge in [-0.3, -0.25) is 0 Å². The number of rotatable bonds is 2. The van der Waals surface area contributed by atoms with Crippen LogP contribution < -0.4 is 0 Å². The second-order valence-electron chi connectivity index (χ2n) is 5.73. The molecule has 3 unspecified atom stereocenters. The molecule has 14 heavy (non-hydrogen) atoms. The molecule has 2 heteroatoms. The van der Waals surface area contributed by atoms with Gasteiger partial charge in [-0.25, -0.2) is 0 Å². The van der Waals surface area contributed by atoms with E-state index in [1.807, 2.05) is 20.8 Å². The van der Waals surface area contributed by atoms with E-state index in [-0.39, 0.29) is 17.6 Å². The second kappa shape index (κ2) is 4.63. The summed E-state index contributed by atoms with van der Waals surface area (Å²) < 4.78 is 0. The molecule has 1 saturated carbocycles. The molecule has 84 valence electrons. The highest BCUT2D eigenvalue weighted by Crippen LogP contribution is 2.32. The van der Waals surface area contributed by atoms with Crippen molar-refractivity contribution in [3.63, 3.8) is 0 Å². The molecule has 0 saturated heterocycles. The second-order valence-corrected chi connectivity index (χ2v) is 5.73. The Labute approximate surface area is 87.3 Å². The normalized spacial score (nSPS) is 31.5. The Morgan fingerprint density at radius 3 is 2.29 bits per heavy atom. The Hall–Kier alpha value is -0.0800. The monoisotopic (exact) mass is 200 g/mol. The van der Waals surface area contributed by atoms with Crippen LogP contribution in [0.25, 0.3) is 0 Å². The van der Waals surface area contributed by atoms with Crippen molar-refractivity contribution in [1.29, 1.82) is 0 Å². The Balaban J connectivity index is 2.42. The fourth-order valence-corrected chi connectivity index (χ4v) is 2.10. The predicted molar refractivity (Wildman–Crippen MR) is 58.0 cm³/mol. The average molecular weight is 200 g/mol. The molecule has 0 spiro atoms. The standard InChI is InChI=1S/C12H24O2/c1-12(2,3)11(14)8-9-6-4-5-7-10(9)13/h9-11,13-14H,4-8H2,1-3H3. The molecular formula is C12H24O2. The molecule has 1 aliphatic carbocycles. The molecule has 3 atom stereocenters. The minimum Gasteiger partial charge on any atom is -0.393 e. The van der Waals surface area contributed by atoms with Crippen LogP contribution >= 0.6 is 0 Å². The third-order valence-electron chi connectivity index (χ3n) is 3.39. The lowest BCUT2D eigenvalue weighted by atomic mass is 9.77. The molecule has 1 aliphatic rings. The van der Waals surface area contributed by atoms with E-state index in [4.69, 9.17) is 0 Å². The van der Waals surface area contributed by atoms with E-state index < -0.39 is 0 Å². The van der Waals surface area contributed by atoms with Crippen molar-refractivity contribution in [3.8, 4) is 0 Å². The molecule has 2 N–H and O–H groups in total. The smallest absolute Gasteiger partial charge is 0.0592 e. The van der Waals surface area contributed by atoms with Crippen LogP contribution in [0.15, 0.2) is 0 Å². The van der Waals surface area contributed by atoms with Gasteiger partial charge in [0.25, 0.3) is 0 Å². The third-order valence-corrected chi connectivity index (χ3v) is 3.39. The first-order valence-electron chi connectivity index (χ1n) is 5.77. The summed E-state index contributed by atoms with van der Waals surface area (Å²) in [4.78, 5) is 0. The molecule has 0 heterocycles. The molecule has 1 rings (SSSR count). The molecule has 1 fully saturated rings. The van der Waals surface area contributed by atoms with Crippen LogP contribution in [0, 0.1) is 11.3 Å². The van der Waals surface area contributed by atoms with Crippen molar-refractivity contribution >= 4 is 0 Å². The van der Waals surface area contributed by atoms with Crippen LogP contribution in [-0.2, 0) is 0 Å². The lowest BCUT2D eigenvalue weighted by Crippen LogP contribution is -2.34. The number of aliphatic hydroxyl groups is 2. The summed E-state index contributed by atoms with van der Waals surface area (Å²) in [6, 6.07) is 0. The first-order valence-corrected chi connectivity index (χ1v) is 5.77. The minimum atomic E-state index is -0.291. The zero-order valence-corrected chi connectivity index (χ0v) is 9.66. The van der Waals surface area contributed by atoms with E-state index in [2.05, 4.69) is 0 Å². The highest BCUT2D eigenvalue weighted by molar-refractivity contribution is 4.81. The molecule has 0 aromatic carbocycles. The predicted octanol–water partition coefficient (Wildman–Crippen LogP) is 2.33. The van der Waals surface area contributed by atoms with Gasteiger partial charge in [-0.2, -0.15) is 0 Å². The Kier molecular flexibility index (Phi) is 3.96. The molecule has 0 aliphatic heterocycles. The zero-order chi connectivity index (χ0) is 10.8. The van der Waals surface area contributed by atoms with E-state index >= 15 is 0 Å². The van der Waals surface area contributed by atoms with Crippen molar-refractivity contribution in [2.75, 3.05) is 0 Å². The topological polar surface area (TPSA) is 40.5 Å². The van der Waals surface area contributed by atoms with E-state index in [1.165, 1.54) is 6.42 Å². The van der Waals surface area contributed by atoms with Gasteiger partial charge in [0.15, 0.2) is 0 Å². The van der Waals surface area contributed by atoms with E-state index in [9.17, 15) is 10.2 Å². The quantitative estimate of drug-likeness (QED) is 0.718. The summed E-state index contributed by atoms with van der Waals surface area (Å²) in [5.41, 5.74) is -0.0584. The summed E-state index contributed by atoms with van der Waals surface area (Å²) in [6.07, 6.45) is 4.63. The van der Waals surface area contributed by atoms with Crippen LogP contribution in [0.5, 0.6) is 0 Å². The maximum absolute atomic E-state index is 9.94. The molecule has 2 nitrogen and oxygen atoms in total. The van der Waals surface area contributed by atoms with Crippen molar-refractivity contribution in [1.82, 2.24) is 0 Å². The Bertz CT molecular complexity index is 172. The van der Waals surface area contributed by atoms with Gasteiger partial charge in [0.1, 0.15) is 0 Å². The van der Waals surface area contributed by atoms with E-state index in [1.54, 1.807) is 0 Å². The largest absolute Gasteiger partial charge is 0.393 e. The number of aliphatic hydroxyl groups excluding tert-OH is 2. The van der Waals surface area contributed by atoms with Gasteiger partial charge in [-0.15, -0.1) is 0 Å². The summed E-state index contributed by atoms with van der Waals surface area (Å²) in [5.74, 6) is 0.318. The van der Waals surface area contributed by atoms with Crippen molar-refractivity contribution < 1.29 is 10.2 Å². The van der Waals surface area contributed by atoms with Crippen molar-refractivity contribution in [2.45, 2.75) is 65.1 Å². The molecule has 0 radical (unpaired) electrons. The van der Waals surface area contributed by atoms with Crippen LogP contribution in [0.3, 0.4) is 0 Å². The highest BCUT2D eigenvalue weighted by Gasteiger charge is 2.30. The van der Waals surface area contributed by atoms with Gasteiger partial charge in [0.2, 0.25) is 0 Å². The zero-order valence-electron chi connectivity index (χ0n) is 9.66. The van der Waals surface area contributed by atoms with Gasteiger partial charge >= 0.3 is 0 Å². The maximum atomic E-state index is 9.94. The summed E-state index contributed by atoms with van der Waals surface area (Å²) in [5, 5.41) is 19.7. The summed E-state index contributed by atoms with van der Waals surface area (Å²) in [6.45, 7) is 6.15. The maximum Gasteiger partial charge on any atom is 0.0592 e. The average Bonchev–Trinajstić information content (AvgIpc) is 2.07. The van der Waals surface area contributed by atoms with Gasteiger partial charge < -0.3 is 10.2 Å². The fraction of sp³-hybridized carbons (Fsp3) is 1.00. The molecule has 0 aromatic heterocycles. The van der Waals surface area contributed by atoms with Crippen molar-refractivity contribution in [3.05, 3.63) is 0 Å². The first-order chi connectivity index (χ1) is 6.41. The molecular weight excluding hydrogens is 176 g/mol. The van der Waals surface area contributed by atoms with Crippen LogP contribution in [0.1, 0.15) is 52.9 Å². The Morgan fingerprint density at radius 1 is 1.21 bits per heavy atom. The number of hydrogen-bond acceptors (Lipinski definition) is 2. The van der Waals surface area contributed by atoms with Gasteiger partial charge in [-0.1, -0.05) is 33.6 Å². The van der Waals surface area contributed by atoms with Crippen molar-refractivity contribution in [2.24, 2.45) is 11.3 Å². The van der Waals surface area contributed by atoms with Crippen LogP contribution in [-0.4, -0.2) is 22.4 Å². The molecule has 0 aromatic rings. The molecule has 0 bridgehead atoms. The van der Waals surface area contributed by atoms with E-state index in [0.29, 0.717) is 5.92 Å². The highest BCUT2D eigenvalue weighted by atomic mass is 16.3. The van der Waals surface area contributed by atoms with Crippen LogP contribution in [0.4, 0.5) is 0 Å². The van der Waals surface area contributed by atoms with Gasteiger partial charge in [0.05, 0.1) is 12.2 Å². The third kappa shape index (κ3) is 3.25. The van der Waals surface area contributed by atoms with Gasteiger partial charge in [0, 0.05) is 0 Å². The number of hydrogen-bond donors (Lipinski definition) is 2. The van der Waals surface area contributed by atoms with E-state index in [0.717, 1.165) is 25.7 Å². The minimum absolute atomic E-state index is 0.0584.